The van der Waals surface area contributed by atoms with Crippen molar-refractivity contribution in [3.8, 4) is 0 Å². The van der Waals surface area contributed by atoms with Crippen LogP contribution in [-0.4, -0.2) is 58.9 Å². The number of aliphatic hydroxyl groups excluding tert-OH is 1. The van der Waals surface area contributed by atoms with Gasteiger partial charge in [-0.25, -0.2) is 0 Å². The van der Waals surface area contributed by atoms with Crippen LogP contribution in [0.4, 0.5) is 5.69 Å². The third kappa shape index (κ3) is 2.86. The van der Waals surface area contributed by atoms with Crippen LogP contribution in [0.1, 0.15) is 11.3 Å². The van der Waals surface area contributed by atoms with E-state index < -0.39 is 17.4 Å². The minimum atomic E-state index is -0.763. The predicted octanol–water partition coefficient (Wildman–Crippen LogP) is 1.15. The fourth-order valence-electron chi connectivity index (χ4n) is 4.86. The van der Waals surface area contributed by atoms with Crippen molar-refractivity contribution >= 4 is 17.5 Å². The second-order valence-corrected chi connectivity index (χ2v) is 8.15. The summed E-state index contributed by atoms with van der Waals surface area (Å²) in [6.07, 6.45) is 5.51. The van der Waals surface area contributed by atoms with E-state index in [1.807, 2.05) is 36.4 Å². The molecule has 3 aliphatic heterocycles. The highest BCUT2D eigenvalue weighted by molar-refractivity contribution is 6.03. The summed E-state index contributed by atoms with van der Waals surface area (Å²) in [7, 11) is 1.70. The second kappa shape index (κ2) is 7.07. The van der Waals surface area contributed by atoms with Crippen LogP contribution in [0.25, 0.3) is 0 Å². The van der Waals surface area contributed by atoms with Gasteiger partial charge >= 0.3 is 0 Å². The fraction of sp³-hybridized carbons (Fsp3) is 0.409. The van der Waals surface area contributed by atoms with Gasteiger partial charge < -0.3 is 24.2 Å². The Morgan fingerprint density at radius 1 is 1.33 bits per heavy atom. The lowest BCUT2D eigenvalue weighted by atomic mass is 9.76. The van der Waals surface area contributed by atoms with E-state index in [4.69, 9.17) is 14.4 Å². The van der Waals surface area contributed by atoms with Crippen LogP contribution < -0.4 is 4.90 Å². The Morgan fingerprint density at radius 3 is 2.83 bits per heavy atom. The van der Waals surface area contributed by atoms with Crippen molar-refractivity contribution in [3.05, 3.63) is 60.0 Å². The highest BCUT2D eigenvalue weighted by Crippen LogP contribution is 2.53. The number of amides is 2. The van der Waals surface area contributed by atoms with Gasteiger partial charge in [0.05, 0.1) is 31.0 Å². The average Bonchev–Trinajstić information content (AvgIpc) is 3.51. The molecule has 0 unspecified atom stereocenters. The normalized spacial score (nSPS) is 28.9. The molecule has 0 aliphatic carbocycles. The van der Waals surface area contributed by atoms with E-state index in [0.717, 1.165) is 11.3 Å². The van der Waals surface area contributed by atoms with Crippen LogP contribution in [0.3, 0.4) is 0 Å². The van der Waals surface area contributed by atoms with E-state index in [-0.39, 0.29) is 24.5 Å². The van der Waals surface area contributed by atoms with E-state index in [1.165, 1.54) is 6.26 Å². The number of ether oxygens (including phenoxy) is 1. The molecule has 1 spiro atoms. The zero-order valence-corrected chi connectivity index (χ0v) is 16.6. The number of aliphatic hydroxyl groups is 1. The summed E-state index contributed by atoms with van der Waals surface area (Å²) in [5.74, 6) is -1.33. The minimum Gasteiger partial charge on any atom is -0.396 e. The van der Waals surface area contributed by atoms with E-state index in [2.05, 4.69) is 5.16 Å². The van der Waals surface area contributed by atoms with Crippen molar-refractivity contribution in [1.82, 2.24) is 10.1 Å². The van der Waals surface area contributed by atoms with E-state index in [0.29, 0.717) is 25.2 Å². The lowest BCUT2D eigenvalue weighted by Crippen LogP contribution is -2.44. The van der Waals surface area contributed by atoms with Crippen LogP contribution in [0.15, 0.2) is 53.3 Å². The average molecular weight is 409 g/mol. The molecule has 2 amide bonds. The molecule has 1 aromatic heterocycles. The minimum absolute atomic E-state index is 0.0822. The Balaban J connectivity index is 1.39. The molecule has 2 bridgehead atoms. The van der Waals surface area contributed by atoms with Gasteiger partial charge in [0.15, 0.2) is 0 Å². The van der Waals surface area contributed by atoms with Crippen LogP contribution in [-0.2, 0) is 27.3 Å². The Hall–Kier alpha value is -2.97. The molecule has 3 aliphatic rings. The van der Waals surface area contributed by atoms with Gasteiger partial charge in [-0.3, -0.25) is 9.59 Å². The second-order valence-electron chi connectivity index (χ2n) is 8.15. The molecule has 30 heavy (non-hydrogen) atoms. The predicted molar refractivity (Wildman–Crippen MR) is 106 cm³/mol. The third-order valence-electron chi connectivity index (χ3n) is 6.30. The molecule has 1 N–H and O–H groups in total. The first-order chi connectivity index (χ1) is 14.5. The maximum atomic E-state index is 13.4. The lowest BCUT2D eigenvalue weighted by molar-refractivity contribution is -0.139. The summed E-state index contributed by atoms with van der Waals surface area (Å²) >= 11 is 0. The summed E-state index contributed by atoms with van der Waals surface area (Å²) in [5.41, 5.74) is 1.67. The number of hydrogen-bond acceptors (Lipinski definition) is 6. The summed E-state index contributed by atoms with van der Waals surface area (Å²) in [5, 5.41) is 13.0. The molecular formula is C22H23N3O5. The van der Waals surface area contributed by atoms with Crippen molar-refractivity contribution < 1.29 is 24.0 Å². The summed E-state index contributed by atoms with van der Waals surface area (Å²) in [6, 6.07) is 9.29. The third-order valence-corrected chi connectivity index (χ3v) is 6.30. The van der Waals surface area contributed by atoms with Crippen molar-refractivity contribution in [3.63, 3.8) is 0 Å². The van der Waals surface area contributed by atoms with Crippen molar-refractivity contribution in [2.45, 2.75) is 24.7 Å². The van der Waals surface area contributed by atoms with Crippen LogP contribution in [0.5, 0.6) is 0 Å². The first-order valence-corrected chi connectivity index (χ1v) is 10.0. The molecule has 8 nitrogen and oxygen atoms in total. The molecule has 156 valence electrons. The number of carbonyl (C=O) groups excluding carboxylic acids is 2. The highest BCUT2D eigenvalue weighted by Gasteiger charge is 2.67. The molecule has 0 radical (unpaired) electrons. The Kier molecular flexibility index (Phi) is 4.48. The van der Waals surface area contributed by atoms with Crippen molar-refractivity contribution in [1.29, 1.82) is 0 Å². The van der Waals surface area contributed by atoms with Gasteiger partial charge in [0.25, 0.3) is 0 Å². The molecule has 2 aromatic rings. The van der Waals surface area contributed by atoms with E-state index in [9.17, 15) is 9.59 Å². The Bertz CT molecular complexity index is 987. The first-order valence-electron chi connectivity index (χ1n) is 10.0. The molecule has 4 heterocycles. The van der Waals surface area contributed by atoms with Crippen molar-refractivity contribution in [2.75, 3.05) is 25.1 Å². The van der Waals surface area contributed by atoms with Crippen LogP contribution in [0.2, 0.25) is 0 Å². The number of hydrogen-bond donors (Lipinski definition) is 1. The summed E-state index contributed by atoms with van der Waals surface area (Å²) < 4.78 is 11.0. The molecule has 1 aromatic carbocycles. The largest absolute Gasteiger partial charge is 0.396 e. The van der Waals surface area contributed by atoms with Crippen LogP contribution in [0, 0.1) is 11.8 Å². The molecule has 5 rings (SSSR count). The van der Waals surface area contributed by atoms with Gasteiger partial charge in [0, 0.05) is 25.4 Å². The van der Waals surface area contributed by atoms with Gasteiger partial charge in [-0.1, -0.05) is 29.4 Å². The van der Waals surface area contributed by atoms with Gasteiger partial charge in [-0.05, 0) is 24.1 Å². The zero-order chi connectivity index (χ0) is 20.9. The number of fused-ring (bicyclic) bond motifs is 1. The fourth-order valence-corrected chi connectivity index (χ4v) is 4.86. The van der Waals surface area contributed by atoms with Crippen LogP contribution >= 0.6 is 0 Å². The number of rotatable bonds is 6. The molecule has 0 saturated carbocycles. The molecule has 8 heteroatoms. The monoisotopic (exact) mass is 409 g/mol. The summed E-state index contributed by atoms with van der Waals surface area (Å²) in [6.45, 7) is 0.782. The number of carbonyl (C=O) groups is 2. The van der Waals surface area contributed by atoms with E-state index >= 15 is 0 Å². The van der Waals surface area contributed by atoms with Gasteiger partial charge in [-0.15, -0.1) is 0 Å². The number of nitrogens with zero attached hydrogens (tertiary/aromatic N) is 3. The summed E-state index contributed by atoms with van der Waals surface area (Å²) in [4.78, 5) is 30.0. The Labute approximate surface area is 173 Å². The standard InChI is InChI=1S/C22H23N3O5/c1-24(12-15-8-11-29-23-15)20(27)18-17-6-9-22(30-17)13-25(21(28)19(18)22)16-4-2-14(3-5-16)7-10-26/h2-6,8-9,11,17-19,26H,7,10,12-13H2,1H3/t17-,18+,19-,22-/m0/s1. The highest BCUT2D eigenvalue weighted by atomic mass is 16.5. The SMILES string of the molecule is CN(Cc1ccon1)C(=O)[C@@H]1[C@@H]2C=C[C@@]3(CN(c4ccc(CCO)cc4)C(=O)[C@H]13)O2. The van der Waals surface area contributed by atoms with E-state index in [1.54, 1.807) is 22.9 Å². The smallest absolute Gasteiger partial charge is 0.234 e. The maximum Gasteiger partial charge on any atom is 0.234 e. The zero-order valence-electron chi connectivity index (χ0n) is 16.6. The van der Waals surface area contributed by atoms with Gasteiger partial charge in [0.2, 0.25) is 11.8 Å². The quantitative estimate of drug-likeness (QED) is 0.720. The lowest BCUT2D eigenvalue weighted by Gasteiger charge is -2.27. The first kappa shape index (κ1) is 19.0. The molecule has 2 fully saturated rings. The number of aromatic nitrogens is 1. The number of anilines is 1. The molecule has 4 atom stereocenters. The number of benzene rings is 1. The Morgan fingerprint density at radius 2 is 2.13 bits per heavy atom. The molecular weight excluding hydrogens is 386 g/mol. The van der Waals surface area contributed by atoms with Gasteiger partial charge in [0.1, 0.15) is 17.6 Å². The van der Waals surface area contributed by atoms with Crippen molar-refractivity contribution in [2.24, 2.45) is 11.8 Å². The molecule has 2 saturated heterocycles. The van der Waals surface area contributed by atoms with Gasteiger partial charge in [-0.2, -0.15) is 0 Å². The maximum absolute atomic E-state index is 13.4. The topological polar surface area (TPSA) is 96.1 Å².